The van der Waals surface area contributed by atoms with E-state index in [9.17, 15) is 13.5 Å². The molecule has 1 heterocycles. The highest BCUT2D eigenvalue weighted by atomic mass is 79.9. The minimum absolute atomic E-state index is 0.0795. The van der Waals surface area contributed by atoms with Gasteiger partial charge in [0, 0.05) is 23.8 Å². The van der Waals surface area contributed by atoms with E-state index in [1.807, 2.05) is 0 Å². The maximum Gasteiger partial charge on any atom is 0.244 e. The van der Waals surface area contributed by atoms with E-state index in [2.05, 4.69) is 31.0 Å². The Morgan fingerprint density at radius 1 is 1.33 bits per heavy atom. The van der Waals surface area contributed by atoms with Crippen molar-refractivity contribution in [2.24, 2.45) is 0 Å². The highest BCUT2D eigenvalue weighted by molar-refractivity contribution is 9.10. The number of halogens is 1. The monoisotopic (exact) mass is 377 g/mol. The second kappa shape index (κ2) is 7.04. The van der Waals surface area contributed by atoms with Gasteiger partial charge in [-0.05, 0) is 34.8 Å². The molecule has 0 amide bonds. The third-order valence-electron chi connectivity index (χ3n) is 3.63. The van der Waals surface area contributed by atoms with Crippen molar-refractivity contribution in [3.05, 3.63) is 16.7 Å². The molecular formula is C13H20BrN3O3S. The SMILES string of the molecule is CNc1ncc(Br)cc1S(=O)(=O)NC1CCCCCC1O. The molecule has 0 radical (unpaired) electrons. The Kier molecular flexibility index (Phi) is 5.59. The second-order valence-corrected chi connectivity index (χ2v) is 7.78. The van der Waals surface area contributed by atoms with E-state index < -0.39 is 22.2 Å². The highest BCUT2D eigenvalue weighted by Gasteiger charge is 2.28. The minimum Gasteiger partial charge on any atom is -0.391 e. The van der Waals surface area contributed by atoms with Crippen molar-refractivity contribution in [3.8, 4) is 0 Å². The van der Waals surface area contributed by atoms with Crippen molar-refractivity contribution in [2.75, 3.05) is 12.4 Å². The summed E-state index contributed by atoms with van der Waals surface area (Å²) in [5.74, 6) is 0.286. The van der Waals surface area contributed by atoms with Gasteiger partial charge in [0.15, 0.2) is 0 Å². The van der Waals surface area contributed by atoms with Crippen molar-refractivity contribution in [2.45, 2.75) is 49.1 Å². The Morgan fingerprint density at radius 3 is 2.76 bits per heavy atom. The molecule has 21 heavy (non-hydrogen) atoms. The molecule has 2 rings (SSSR count). The van der Waals surface area contributed by atoms with Gasteiger partial charge in [-0.15, -0.1) is 0 Å². The van der Waals surface area contributed by atoms with E-state index in [1.54, 1.807) is 7.05 Å². The maximum atomic E-state index is 12.6. The molecule has 2 atom stereocenters. The zero-order chi connectivity index (χ0) is 15.5. The molecule has 1 aromatic rings. The van der Waals surface area contributed by atoms with Gasteiger partial charge in [0.2, 0.25) is 10.0 Å². The van der Waals surface area contributed by atoms with Crippen LogP contribution in [0.25, 0.3) is 0 Å². The lowest BCUT2D eigenvalue weighted by atomic mass is 10.1. The Labute approximate surface area is 133 Å². The van der Waals surface area contributed by atoms with Crippen molar-refractivity contribution in [1.82, 2.24) is 9.71 Å². The Bertz CT molecular complexity index is 594. The fraction of sp³-hybridized carbons (Fsp3) is 0.615. The number of nitrogens with zero attached hydrogens (tertiary/aromatic N) is 1. The number of hydrogen-bond acceptors (Lipinski definition) is 5. The van der Waals surface area contributed by atoms with Gasteiger partial charge in [0.25, 0.3) is 0 Å². The normalized spacial score (nSPS) is 23.6. The molecule has 0 spiro atoms. The molecular weight excluding hydrogens is 358 g/mol. The first kappa shape index (κ1) is 16.7. The number of nitrogens with one attached hydrogen (secondary N) is 2. The van der Waals surface area contributed by atoms with Gasteiger partial charge >= 0.3 is 0 Å². The zero-order valence-corrected chi connectivity index (χ0v) is 14.2. The fourth-order valence-corrected chi connectivity index (χ4v) is 4.48. The lowest BCUT2D eigenvalue weighted by Crippen LogP contribution is -2.42. The molecule has 3 N–H and O–H groups in total. The number of anilines is 1. The van der Waals surface area contributed by atoms with Crippen LogP contribution in [0.15, 0.2) is 21.6 Å². The first-order chi connectivity index (χ1) is 9.94. The van der Waals surface area contributed by atoms with Gasteiger partial charge in [-0.25, -0.2) is 18.1 Å². The van der Waals surface area contributed by atoms with Gasteiger partial charge in [0.1, 0.15) is 10.7 Å². The molecule has 6 nitrogen and oxygen atoms in total. The first-order valence-corrected chi connectivity index (χ1v) is 9.25. The number of aliphatic hydroxyl groups excluding tert-OH is 1. The number of aromatic nitrogens is 1. The molecule has 118 valence electrons. The van der Waals surface area contributed by atoms with E-state index in [0.29, 0.717) is 17.3 Å². The number of aliphatic hydroxyl groups is 1. The van der Waals surface area contributed by atoms with E-state index in [1.165, 1.54) is 12.3 Å². The Hall–Kier alpha value is -0.700. The van der Waals surface area contributed by atoms with E-state index in [0.717, 1.165) is 19.3 Å². The molecule has 0 saturated heterocycles. The van der Waals surface area contributed by atoms with Crippen LogP contribution < -0.4 is 10.0 Å². The van der Waals surface area contributed by atoms with Crippen molar-refractivity contribution >= 4 is 31.8 Å². The van der Waals surface area contributed by atoms with Gasteiger partial charge in [-0.2, -0.15) is 0 Å². The van der Waals surface area contributed by atoms with Crippen LogP contribution in [-0.4, -0.2) is 37.7 Å². The number of sulfonamides is 1. The average Bonchev–Trinajstić information content (AvgIpc) is 2.64. The first-order valence-electron chi connectivity index (χ1n) is 6.98. The maximum absolute atomic E-state index is 12.6. The molecule has 2 unspecified atom stereocenters. The van der Waals surface area contributed by atoms with Crippen LogP contribution in [0.3, 0.4) is 0 Å². The van der Waals surface area contributed by atoms with Crippen molar-refractivity contribution < 1.29 is 13.5 Å². The molecule has 0 bridgehead atoms. The van der Waals surface area contributed by atoms with Gasteiger partial charge in [-0.1, -0.05) is 19.3 Å². The predicted octanol–water partition coefficient (Wildman–Crippen LogP) is 1.86. The topological polar surface area (TPSA) is 91.3 Å². The van der Waals surface area contributed by atoms with Crippen LogP contribution >= 0.6 is 15.9 Å². The van der Waals surface area contributed by atoms with E-state index >= 15 is 0 Å². The molecule has 1 saturated carbocycles. The lowest BCUT2D eigenvalue weighted by Gasteiger charge is -2.22. The number of hydrogen-bond donors (Lipinski definition) is 3. The lowest BCUT2D eigenvalue weighted by molar-refractivity contribution is 0.130. The number of pyridine rings is 1. The average molecular weight is 378 g/mol. The smallest absolute Gasteiger partial charge is 0.244 e. The van der Waals surface area contributed by atoms with Crippen molar-refractivity contribution in [1.29, 1.82) is 0 Å². The van der Waals surface area contributed by atoms with Gasteiger partial charge in [-0.3, -0.25) is 0 Å². The second-order valence-electron chi connectivity index (χ2n) is 5.18. The van der Waals surface area contributed by atoms with Crippen LogP contribution in [0.2, 0.25) is 0 Å². The molecule has 0 aromatic carbocycles. The third-order valence-corrected chi connectivity index (χ3v) is 5.57. The summed E-state index contributed by atoms with van der Waals surface area (Å²) >= 11 is 3.24. The van der Waals surface area contributed by atoms with Crippen LogP contribution in [0.4, 0.5) is 5.82 Å². The molecule has 0 aliphatic heterocycles. The summed E-state index contributed by atoms with van der Waals surface area (Å²) in [5.41, 5.74) is 0. The van der Waals surface area contributed by atoms with Crippen LogP contribution in [0, 0.1) is 0 Å². The van der Waals surface area contributed by atoms with Gasteiger partial charge in [0.05, 0.1) is 6.10 Å². The van der Waals surface area contributed by atoms with Gasteiger partial charge < -0.3 is 10.4 Å². The minimum atomic E-state index is -3.74. The van der Waals surface area contributed by atoms with Crippen LogP contribution in [0.1, 0.15) is 32.1 Å². The molecule has 8 heteroatoms. The van der Waals surface area contributed by atoms with Crippen molar-refractivity contribution in [3.63, 3.8) is 0 Å². The summed E-state index contributed by atoms with van der Waals surface area (Å²) in [6.45, 7) is 0. The summed E-state index contributed by atoms with van der Waals surface area (Å²) in [5, 5.41) is 12.8. The Morgan fingerprint density at radius 2 is 2.05 bits per heavy atom. The molecule has 1 aromatic heterocycles. The number of rotatable bonds is 4. The quantitative estimate of drug-likeness (QED) is 0.696. The summed E-state index contributed by atoms with van der Waals surface area (Å²) in [6.07, 6.45) is 5.04. The largest absolute Gasteiger partial charge is 0.391 e. The predicted molar refractivity (Wildman–Crippen MR) is 84.7 cm³/mol. The fourth-order valence-electron chi connectivity index (χ4n) is 2.50. The highest BCUT2D eigenvalue weighted by Crippen LogP contribution is 2.25. The van der Waals surface area contributed by atoms with E-state index in [-0.39, 0.29) is 10.7 Å². The Balaban J connectivity index is 2.27. The molecule has 1 aliphatic rings. The molecule has 1 fully saturated rings. The third kappa shape index (κ3) is 4.15. The zero-order valence-electron chi connectivity index (χ0n) is 11.8. The van der Waals surface area contributed by atoms with Crippen LogP contribution in [0.5, 0.6) is 0 Å². The molecule has 1 aliphatic carbocycles. The standard InChI is InChI=1S/C13H20BrN3O3S/c1-15-13-12(7-9(14)8-16-13)21(19,20)17-10-5-3-2-4-6-11(10)18/h7-8,10-11,17-18H,2-6H2,1H3,(H,15,16). The van der Waals surface area contributed by atoms with E-state index in [4.69, 9.17) is 0 Å². The summed E-state index contributed by atoms with van der Waals surface area (Å²) in [7, 11) is -2.12. The summed E-state index contributed by atoms with van der Waals surface area (Å²) in [6, 6.07) is 1.06. The van der Waals surface area contributed by atoms with Crippen LogP contribution in [-0.2, 0) is 10.0 Å². The summed E-state index contributed by atoms with van der Waals surface area (Å²) < 4.78 is 28.3. The summed E-state index contributed by atoms with van der Waals surface area (Å²) in [4.78, 5) is 4.13.